The average Bonchev–Trinajstić information content (AvgIpc) is 2.75. The Bertz CT molecular complexity index is 746. The molecule has 0 aliphatic carbocycles. The summed E-state index contributed by atoms with van der Waals surface area (Å²) in [4.78, 5) is 16.7. The van der Waals surface area contributed by atoms with Crippen molar-refractivity contribution in [3.05, 3.63) is 59.3 Å². The molecule has 1 atom stereocenters. The molecule has 158 valence electrons. The first-order valence-electron chi connectivity index (χ1n) is 9.03. The highest BCUT2D eigenvalue weighted by Gasteiger charge is 2.29. The summed E-state index contributed by atoms with van der Waals surface area (Å²) in [6, 6.07) is 8.15. The summed E-state index contributed by atoms with van der Waals surface area (Å²) in [6.45, 7) is 4.00. The van der Waals surface area contributed by atoms with Crippen LogP contribution in [0.5, 0.6) is 5.88 Å². The highest BCUT2D eigenvalue weighted by atomic mass is 19.4. The van der Waals surface area contributed by atoms with Gasteiger partial charge in [-0.3, -0.25) is 9.69 Å². The molecule has 2 heterocycles. The summed E-state index contributed by atoms with van der Waals surface area (Å²) in [5.74, 6) is 0.631. The third-order valence-corrected chi connectivity index (χ3v) is 4.44. The monoisotopic (exact) mass is 411 g/mol. The van der Waals surface area contributed by atoms with Crippen molar-refractivity contribution in [3.63, 3.8) is 0 Å². The van der Waals surface area contributed by atoms with Gasteiger partial charge in [0.15, 0.2) is 0 Å². The molecule has 1 aromatic carbocycles. The van der Waals surface area contributed by atoms with E-state index >= 15 is 0 Å². The number of alkyl halides is 3. The van der Waals surface area contributed by atoms with Crippen molar-refractivity contribution in [1.29, 1.82) is 0 Å². The molecule has 0 spiro atoms. The number of carbonyl (C=O) groups is 1. The van der Waals surface area contributed by atoms with E-state index in [9.17, 15) is 18.0 Å². The van der Waals surface area contributed by atoms with E-state index in [1.165, 1.54) is 0 Å². The Labute approximate surface area is 167 Å². The zero-order valence-corrected chi connectivity index (χ0v) is 16.1. The maximum absolute atomic E-state index is 11.9. The van der Waals surface area contributed by atoms with Crippen LogP contribution in [0.15, 0.2) is 42.6 Å². The maximum atomic E-state index is 11.9. The minimum Gasteiger partial charge on any atom is -0.481 e. The predicted molar refractivity (Wildman–Crippen MR) is 102 cm³/mol. The summed E-state index contributed by atoms with van der Waals surface area (Å²) in [5.41, 5.74) is 6.50. The van der Waals surface area contributed by atoms with Gasteiger partial charge in [-0.05, 0) is 17.7 Å². The minimum absolute atomic E-state index is 0.220. The molecule has 0 radical (unpaired) electrons. The van der Waals surface area contributed by atoms with E-state index in [2.05, 4.69) is 9.88 Å². The second-order valence-corrected chi connectivity index (χ2v) is 6.27. The Kier molecular flexibility index (Phi) is 8.56. The van der Waals surface area contributed by atoms with Crippen molar-refractivity contribution < 1.29 is 27.4 Å². The third-order valence-electron chi connectivity index (χ3n) is 4.44. The number of aromatic nitrogens is 1. The first kappa shape index (κ1) is 22.8. The first-order valence-corrected chi connectivity index (χ1v) is 9.03. The number of aldehydes is 1. The number of halogens is 3. The fourth-order valence-corrected chi connectivity index (χ4v) is 2.85. The molecule has 6 nitrogen and oxygen atoms in total. The fourth-order valence-electron chi connectivity index (χ4n) is 2.85. The van der Waals surface area contributed by atoms with Gasteiger partial charge in [0.2, 0.25) is 5.88 Å². The van der Waals surface area contributed by atoms with Crippen LogP contribution < -0.4 is 10.5 Å². The van der Waals surface area contributed by atoms with Crippen LogP contribution >= 0.6 is 0 Å². The Morgan fingerprint density at radius 1 is 1.21 bits per heavy atom. The SMILES string of the molecule is COc1ccc(C(CN)N2CCOCC2)cn1.O=Cc1ccc(C(F)(F)F)cc1. The molecule has 1 fully saturated rings. The normalized spacial score (nSPS) is 15.8. The Balaban J connectivity index is 0.000000221. The van der Waals surface area contributed by atoms with Gasteiger partial charge in [0.05, 0.1) is 25.9 Å². The summed E-state index contributed by atoms with van der Waals surface area (Å²) in [7, 11) is 1.62. The van der Waals surface area contributed by atoms with Crippen molar-refractivity contribution in [3.8, 4) is 5.88 Å². The quantitative estimate of drug-likeness (QED) is 0.763. The molecule has 1 aliphatic rings. The maximum Gasteiger partial charge on any atom is 0.416 e. The van der Waals surface area contributed by atoms with Gasteiger partial charge >= 0.3 is 6.18 Å². The standard InChI is InChI=1S/C12H19N3O2.C8H5F3O/c1-16-12-3-2-10(9-14-12)11(8-13)15-4-6-17-7-5-15;9-8(10,11)7-3-1-6(5-12)2-4-7/h2-3,9,11H,4-8,13H2,1H3;1-5H. The van der Waals surface area contributed by atoms with Gasteiger partial charge in [0.1, 0.15) is 6.29 Å². The van der Waals surface area contributed by atoms with Gasteiger partial charge in [-0.15, -0.1) is 0 Å². The number of nitrogens with two attached hydrogens (primary N) is 1. The smallest absolute Gasteiger partial charge is 0.416 e. The largest absolute Gasteiger partial charge is 0.481 e. The fraction of sp³-hybridized carbons (Fsp3) is 0.400. The molecule has 1 aromatic heterocycles. The minimum atomic E-state index is -4.33. The molecule has 0 amide bonds. The predicted octanol–water partition coefficient (Wildman–Crippen LogP) is 2.94. The summed E-state index contributed by atoms with van der Waals surface area (Å²) >= 11 is 0. The Morgan fingerprint density at radius 3 is 2.31 bits per heavy atom. The van der Waals surface area contributed by atoms with E-state index in [0.717, 1.165) is 56.1 Å². The topological polar surface area (TPSA) is 77.7 Å². The van der Waals surface area contributed by atoms with Crippen molar-refractivity contribution in [2.45, 2.75) is 12.2 Å². The van der Waals surface area contributed by atoms with Crippen LogP contribution in [0.3, 0.4) is 0 Å². The van der Waals surface area contributed by atoms with Crippen LogP contribution in [0.25, 0.3) is 0 Å². The lowest BCUT2D eigenvalue weighted by Gasteiger charge is -2.33. The molecular weight excluding hydrogens is 387 g/mol. The molecule has 3 rings (SSSR count). The van der Waals surface area contributed by atoms with Crippen molar-refractivity contribution in [2.75, 3.05) is 40.0 Å². The number of benzene rings is 1. The lowest BCUT2D eigenvalue weighted by atomic mass is 10.1. The van der Waals surface area contributed by atoms with Crippen molar-refractivity contribution in [2.24, 2.45) is 5.73 Å². The Morgan fingerprint density at radius 2 is 1.86 bits per heavy atom. The summed E-state index contributed by atoms with van der Waals surface area (Å²) < 4.78 is 46.2. The van der Waals surface area contributed by atoms with E-state index in [1.54, 1.807) is 7.11 Å². The number of methoxy groups -OCH3 is 1. The molecule has 1 unspecified atom stereocenters. The number of carbonyl (C=O) groups excluding carboxylic acids is 1. The van der Waals surface area contributed by atoms with Gasteiger partial charge in [-0.2, -0.15) is 13.2 Å². The van der Waals surface area contributed by atoms with Crippen molar-refractivity contribution in [1.82, 2.24) is 9.88 Å². The average molecular weight is 411 g/mol. The lowest BCUT2D eigenvalue weighted by Crippen LogP contribution is -2.41. The number of nitrogens with zero attached hydrogens (tertiary/aromatic N) is 2. The zero-order valence-electron chi connectivity index (χ0n) is 16.1. The molecule has 9 heteroatoms. The molecule has 1 aliphatic heterocycles. The van der Waals surface area contributed by atoms with Gasteiger partial charge in [0.25, 0.3) is 0 Å². The molecule has 2 N–H and O–H groups in total. The van der Waals surface area contributed by atoms with Crippen LogP contribution in [-0.4, -0.2) is 56.1 Å². The lowest BCUT2D eigenvalue weighted by molar-refractivity contribution is -0.137. The van der Waals surface area contributed by atoms with Crippen LogP contribution in [0.1, 0.15) is 27.5 Å². The highest BCUT2D eigenvalue weighted by Crippen LogP contribution is 2.28. The van der Waals surface area contributed by atoms with E-state index in [4.69, 9.17) is 15.2 Å². The summed E-state index contributed by atoms with van der Waals surface area (Å²) in [5, 5.41) is 0. The Hall–Kier alpha value is -2.49. The van der Waals surface area contributed by atoms with Crippen LogP contribution in [-0.2, 0) is 10.9 Å². The highest BCUT2D eigenvalue weighted by molar-refractivity contribution is 5.74. The number of ether oxygens (including phenoxy) is 2. The second-order valence-electron chi connectivity index (χ2n) is 6.27. The van der Waals surface area contributed by atoms with E-state index < -0.39 is 11.7 Å². The van der Waals surface area contributed by atoms with Gasteiger partial charge in [-0.1, -0.05) is 18.2 Å². The molecule has 0 bridgehead atoms. The first-order chi connectivity index (χ1) is 13.9. The van der Waals surface area contributed by atoms with E-state index in [1.807, 2.05) is 18.3 Å². The zero-order chi connectivity index (χ0) is 21.3. The number of hydrogen-bond acceptors (Lipinski definition) is 6. The summed E-state index contributed by atoms with van der Waals surface area (Å²) in [6.07, 6.45) is -1.99. The molecular formula is C20H24F3N3O3. The number of pyridine rings is 1. The van der Waals surface area contributed by atoms with Gasteiger partial charge in [0, 0.05) is 43.5 Å². The number of hydrogen-bond donors (Lipinski definition) is 1. The van der Waals surface area contributed by atoms with E-state index in [-0.39, 0.29) is 11.6 Å². The molecule has 1 saturated heterocycles. The molecule has 0 saturated carbocycles. The van der Waals surface area contributed by atoms with Gasteiger partial charge in [-0.25, -0.2) is 4.98 Å². The number of rotatable bonds is 5. The molecule has 29 heavy (non-hydrogen) atoms. The third kappa shape index (κ3) is 6.81. The van der Waals surface area contributed by atoms with Crippen LogP contribution in [0.2, 0.25) is 0 Å². The van der Waals surface area contributed by atoms with E-state index in [0.29, 0.717) is 18.7 Å². The van der Waals surface area contributed by atoms with Gasteiger partial charge < -0.3 is 15.2 Å². The second kappa shape index (κ2) is 10.9. The van der Waals surface area contributed by atoms with Crippen LogP contribution in [0.4, 0.5) is 13.2 Å². The van der Waals surface area contributed by atoms with Crippen molar-refractivity contribution >= 4 is 6.29 Å². The number of morpholine rings is 1. The molecule has 2 aromatic rings. The van der Waals surface area contributed by atoms with Crippen LogP contribution in [0, 0.1) is 0 Å².